The fraction of sp³-hybridized carbons (Fsp3) is 0.250. The van der Waals surface area contributed by atoms with E-state index in [4.69, 9.17) is 4.74 Å². The topological polar surface area (TPSA) is 64.6 Å². The number of esters is 1. The highest BCUT2D eigenvalue weighted by molar-refractivity contribution is 5.79. The minimum Gasteiger partial charge on any atom is -0.488 e. The number of carbonyl (C=O) groups excluding carboxylic acids is 2. The van der Waals surface area contributed by atoms with Crippen molar-refractivity contribution in [2.24, 2.45) is 0 Å². The van der Waals surface area contributed by atoms with E-state index in [1.807, 2.05) is 0 Å². The molecule has 0 heterocycles. The first-order chi connectivity index (χ1) is 10.2. The Morgan fingerprint density at radius 3 is 2.76 bits per heavy atom. The zero-order valence-electron chi connectivity index (χ0n) is 12.2. The van der Waals surface area contributed by atoms with Gasteiger partial charge in [0.25, 0.3) is 0 Å². The van der Waals surface area contributed by atoms with E-state index in [1.165, 1.54) is 7.11 Å². The molecule has 0 aliphatic heterocycles. The average molecular weight is 289 g/mol. The lowest BCUT2D eigenvalue weighted by atomic mass is 10.2. The van der Waals surface area contributed by atoms with Gasteiger partial charge in [0.05, 0.1) is 19.1 Å². The standard InChI is InChI=1S/C16H19NO4/c1-17-10-13(6-5-9-16(19)20-2)12-21-15-8-4-3-7-14(15)11-18/h3-8,10-11,17H,9,12H2,1-2H3/b6-5-,13-10+. The van der Waals surface area contributed by atoms with Gasteiger partial charge in [-0.15, -0.1) is 0 Å². The Bertz CT molecular complexity index is 535. The summed E-state index contributed by atoms with van der Waals surface area (Å²) in [6, 6.07) is 7.00. The first-order valence-corrected chi connectivity index (χ1v) is 6.48. The molecule has 0 aliphatic rings. The molecule has 0 aromatic heterocycles. The SMILES string of the molecule is CN/C=C(\C=C/CC(=O)OC)COc1ccccc1C=O. The zero-order valence-corrected chi connectivity index (χ0v) is 12.2. The summed E-state index contributed by atoms with van der Waals surface area (Å²) >= 11 is 0. The molecule has 1 aromatic carbocycles. The summed E-state index contributed by atoms with van der Waals surface area (Å²) < 4.78 is 10.2. The maximum absolute atomic E-state index is 11.0. The molecule has 0 saturated heterocycles. The molecule has 112 valence electrons. The van der Waals surface area contributed by atoms with E-state index < -0.39 is 0 Å². The minimum atomic E-state index is -0.303. The molecule has 1 rings (SSSR count). The fourth-order valence-corrected chi connectivity index (χ4v) is 1.58. The molecule has 5 nitrogen and oxygen atoms in total. The maximum atomic E-state index is 11.0. The Morgan fingerprint density at radius 2 is 2.10 bits per heavy atom. The first-order valence-electron chi connectivity index (χ1n) is 6.48. The van der Waals surface area contributed by atoms with Crippen LogP contribution >= 0.6 is 0 Å². The predicted octanol–water partition coefficient (Wildman–Crippen LogP) is 2.10. The highest BCUT2D eigenvalue weighted by Gasteiger charge is 2.02. The van der Waals surface area contributed by atoms with Crippen LogP contribution in [0.5, 0.6) is 5.75 Å². The second-order valence-corrected chi connectivity index (χ2v) is 4.13. The van der Waals surface area contributed by atoms with Crippen LogP contribution in [0.15, 0.2) is 48.2 Å². The van der Waals surface area contributed by atoms with Crippen molar-refractivity contribution in [3.05, 3.63) is 53.8 Å². The Labute approximate surface area is 124 Å². The number of ether oxygens (including phenoxy) is 2. The van der Waals surface area contributed by atoms with Crippen LogP contribution in [0.2, 0.25) is 0 Å². The number of aldehydes is 1. The van der Waals surface area contributed by atoms with E-state index in [0.29, 0.717) is 11.3 Å². The molecule has 1 aromatic rings. The van der Waals surface area contributed by atoms with Crippen molar-refractivity contribution in [3.8, 4) is 5.75 Å². The average Bonchev–Trinajstić information content (AvgIpc) is 2.52. The second-order valence-electron chi connectivity index (χ2n) is 4.13. The molecule has 1 N–H and O–H groups in total. The predicted molar refractivity (Wildman–Crippen MR) is 80.2 cm³/mol. The Morgan fingerprint density at radius 1 is 1.33 bits per heavy atom. The number of rotatable bonds is 8. The van der Waals surface area contributed by atoms with Crippen molar-refractivity contribution >= 4 is 12.3 Å². The first kappa shape index (κ1) is 16.5. The van der Waals surface area contributed by atoms with E-state index in [9.17, 15) is 9.59 Å². The van der Waals surface area contributed by atoms with Gasteiger partial charge in [0.1, 0.15) is 12.4 Å². The van der Waals surface area contributed by atoms with Gasteiger partial charge < -0.3 is 14.8 Å². The Kier molecular flexibility index (Phi) is 7.35. The summed E-state index contributed by atoms with van der Waals surface area (Å²) in [4.78, 5) is 21.9. The highest BCUT2D eigenvalue weighted by atomic mass is 16.5. The van der Waals surface area contributed by atoms with Crippen LogP contribution in [0, 0.1) is 0 Å². The molecule has 5 heteroatoms. The van der Waals surface area contributed by atoms with Crippen LogP contribution in [0.4, 0.5) is 0 Å². The third kappa shape index (κ3) is 5.95. The lowest BCUT2D eigenvalue weighted by Gasteiger charge is -2.09. The molecule has 0 bridgehead atoms. The van der Waals surface area contributed by atoms with Gasteiger partial charge in [-0.3, -0.25) is 9.59 Å². The molecule has 0 radical (unpaired) electrons. The van der Waals surface area contributed by atoms with Gasteiger partial charge >= 0.3 is 5.97 Å². The van der Waals surface area contributed by atoms with Gasteiger partial charge in [0.15, 0.2) is 6.29 Å². The number of carbonyl (C=O) groups is 2. The van der Waals surface area contributed by atoms with Crippen molar-refractivity contribution in [1.82, 2.24) is 5.32 Å². The highest BCUT2D eigenvalue weighted by Crippen LogP contribution is 2.16. The monoisotopic (exact) mass is 289 g/mol. The van der Waals surface area contributed by atoms with Crippen LogP contribution in [0.1, 0.15) is 16.8 Å². The van der Waals surface area contributed by atoms with E-state index in [-0.39, 0.29) is 19.0 Å². The van der Waals surface area contributed by atoms with Crippen LogP contribution in [0.25, 0.3) is 0 Å². The lowest BCUT2D eigenvalue weighted by Crippen LogP contribution is -2.05. The summed E-state index contributed by atoms with van der Waals surface area (Å²) in [5.74, 6) is 0.221. The van der Waals surface area contributed by atoms with Crippen LogP contribution < -0.4 is 10.1 Å². The van der Waals surface area contributed by atoms with E-state index in [0.717, 1.165) is 11.9 Å². The molecule has 0 saturated carbocycles. The summed E-state index contributed by atoms with van der Waals surface area (Å²) in [5, 5.41) is 2.91. The van der Waals surface area contributed by atoms with Crippen LogP contribution in [0.3, 0.4) is 0 Å². The van der Waals surface area contributed by atoms with E-state index >= 15 is 0 Å². The summed E-state index contributed by atoms with van der Waals surface area (Å²) in [7, 11) is 3.12. The summed E-state index contributed by atoms with van der Waals surface area (Å²) in [6.45, 7) is 0.281. The van der Waals surface area contributed by atoms with Crippen molar-refractivity contribution in [3.63, 3.8) is 0 Å². The number of benzene rings is 1. The van der Waals surface area contributed by atoms with E-state index in [2.05, 4.69) is 10.1 Å². The number of para-hydroxylation sites is 1. The molecule has 0 atom stereocenters. The normalized spacial score (nSPS) is 11.2. The molecule has 0 fully saturated rings. The van der Waals surface area contributed by atoms with Crippen molar-refractivity contribution in [2.75, 3.05) is 20.8 Å². The van der Waals surface area contributed by atoms with Gasteiger partial charge in [-0.1, -0.05) is 24.3 Å². The zero-order chi connectivity index (χ0) is 15.5. The number of nitrogens with one attached hydrogen (secondary N) is 1. The molecule has 21 heavy (non-hydrogen) atoms. The molecular weight excluding hydrogens is 270 g/mol. The van der Waals surface area contributed by atoms with Gasteiger partial charge in [-0.05, 0) is 12.1 Å². The summed E-state index contributed by atoms with van der Waals surface area (Å²) in [5.41, 5.74) is 1.34. The minimum absolute atomic E-state index is 0.197. The molecule has 0 unspecified atom stereocenters. The van der Waals surface area contributed by atoms with Crippen LogP contribution in [-0.4, -0.2) is 33.0 Å². The van der Waals surface area contributed by atoms with Crippen molar-refractivity contribution in [1.29, 1.82) is 0 Å². The van der Waals surface area contributed by atoms with Crippen molar-refractivity contribution in [2.45, 2.75) is 6.42 Å². The molecule has 0 aliphatic carbocycles. The number of methoxy groups -OCH3 is 1. The largest absolute Gasteiger partial charge is 0.488 e. The Balaban J connectivity index is 2.65. The smallest absolute Gasteiger partial charge is 0.309 e. The lowest BCUT2D eigenvalue weighted by molar-refractivity contribution is -0.139. The quantitative estimate of drug-likeness (QED) is 0.451. The fourth-order valence-electron chi connectivity index (χ4n) is 1.58. The summed E-state index contributed by atoms with van der Waals surface area (Å²) in [6.07, 6.45) is 6.19. The molecule has 0 spiro atoms. The third-order valence-electron chi connectivity index (χ3n) is 2.61. The third-order valence-corrected chi connectivity index (χ3v) is 2.61. The number of hydrogen-bond acceptors (Lipinski definition) is 5. The van der Waals surface area contributed by atoms with Crippen LogP contribution in [-0.2, 0) is 9.53 Å². The van der Waals surface area contributed by atoms with E-state index in [1.54, 1.807) is 49.7 Å². The number of hydrogen-bond donors (Lipinski definition) is 1. The van der Waals surface area contributed by atoms with Gasteiger partial charge in [-0.2, -0.15) is 0 Å². The maximum Gasteiger partial charge on any atom is 0.309 e. The molecule has 0 amide bonds. The van der Waals surface area contributed by atoms with Crippen molar-refractivity contribution < 1.29 is 19.1 Å². The van der Waals surface area contributed by atoms with Gasteiger partial charge in [0.2, 0.25) is 0 Å². The molecular formula is C16H19NO4. The van der Waals surface area contributed by atoms with Gasteiger partial charge in [-0.25, -0.2) is 0 Å². The second kappa shape index (κ2) is 9.36. The Hall–Kier alpha value is -2.56. The van der Waals surface area contributed by atoms with Gasteiger partial charge in [0, 0.05) is 18.8 Å².